The molecule has 0 aliphatic rings. The van der Waals surface area contributed by atoms with Gasteiger partial charge in [-0.2, -0.15) is 0 Å². The van der Waals surface area contributed by atoms with Crippen molar-refractivity contribution < 1.29 is 37.9 Å². The summed E-state index contributed by atoms with van der Waals surface area (Å²) in [5.41, 5.74) is 5.60. The number of aliphatic hydroxyl groups is 2. The van der Waals surface area contributed by atoms with Crippen LogP contribution in [0, 0.1) is 0 Å². The van der Waals surface area contributed by atoms with Crippen molar-refractivity contribution in [1.82, 2.24) is 0 Å². The smallest absolute Gasteiger partial charge is 0.455 e. The molecule has 0 aromatic rings. The number of hydrogen-bond acceptors (Lipinski definition) is 9. The molecule has 0 spiro atoms. The van der Waals surface area contributed by atoms with Crippen LogP contribution in [0.25, 0.3) is 0 Å². The Labute approximate surface area is 136 Å². The van der Waals surface area contributed by atoms with Gasteiger partial charge in [0, 0.05) is 34.0 Å². The van der Waals surface area contributed by atoms with E-state index in [-0.39, 0.29) is 39.0 Å². The zero-order chi connectivity index (χ0) is 18.1. The second kappa shape index (κ2) is 9.60. The van der Waals surface area contributed by atoms with E-state index >= 15 is 0 Å². The molecule has 0 radical (unpaired) electrons. The Hall–Kier alpha value is -1.49. The van der Waals surface area contributed by atoms with Crippen molar-refractivity contribution in [3.8, 4) is 0 Å². The first-order valence-corrected chi connectivity index (χ1v) is 8.91. The molecule has 0 fully saturated rings. The fourth-order valence-electron chi connectivity index (χ4n) is 2.49. The van der Waals surface area contributed by atoms with Gasteiger partial charge in [0.15, 0.2) is 0 Å². The number of carbonyl (C=O) groups is 3. The Morgan fingerprint density at radius 1 is 0.870 bits per heavy atom. The van der Waals surface area contributed by atoms with Gasteiger partial charge in [0.05, 0.1) is 5.04 Å². The highest BCUT2D eigenvalue weighted by atomic mass is 28.4. The lowest BCUT2D eigenvalue weighted by Gasteiger charge is -2.42. The lowest BCUT2D eigenvalue weighted by atomic mass is 9.97. The molecule has 9 nitrogen and oxygen atoms in total. The van der Waals surface area contributed by atoms with E-state index in [0.29, 0.717) is 0 Å². The highest BCUT2D eigenvalue weighted by Crippen LogP contribution is 2.49. The van der Waals surface area contributed by atoms with Gasteiger partial charge in [-0.15, -0.1) is 0 Å². The number of rotatable bonds is 10. The Balaban J connectivity index is 6.24. The van der Waals surface area contributed by atoms with Gasteiger partial charge in [-0.05, 0) is 25.8 Å². The lowest BCUT2D eigenvalue weighted by molar-refractivity contribution is -0.150. The third kappa shape index (κ3) is 5.90. The van der Waals surface area contributed by atoms with Crippen LogP contribution < -0.4 is 5.73 Å². The summed E-state index contributed by atoms with van der Waals surface area (Å²) in [5, 5.41) is 17.5. The van der Waals surface area contributed by atoms with Gasteiger partial charge in [0.25, 0.3) is 17.9 Å². The molecule has 4 N–H and O–H groups in total. The fraction of sp³-hybridized carbons (Fsp3) is 0.769. The molecule has 0 unspecified atom stereocenters. The minimum absolute atomic E-state index is 0.0230. The van der Waals surface area contributed by atoms with Gasteiger partial charge in [-0.25, -0.2) is 0 Å². The van der Waals surface area contributed by atoms with Crippen molar-refractivity contribution in [3.63, 3.8) is 0 Å². The summed E-state index contributed by atoms with van der Waals surface area (Å²) >= 11 is 0. The van der Waals surface area contributed by atoms with Gasteiger partial charge >= 0.3 is 8.80 Å². The van der Waals surface area contributed by atoms with Crippen molar-refractivity contribution in [3.05, 3.63) is 0 Å². The Kier molecular flexibility index (Phi) is 8.98. The lowest BCUT2D eigenvalue weighted by Crippen LogP contribution is -2.60. The fourth-order valence-corrected chi connectivity index (χ4v) is 5.69. The molecule has 0 aliphatic carbocycles. The first kappa shape index (κ1) is 21.5. The Bertz CT molecular complexity index is 370. The van der Waals surface area contributed by atoms with Crippen LogP contribution in [-0.2, 0) is 27.7 Å². The standard InChI is InChI=1S/C13H25NO8Si/c1-10(17)20-23(21-11(2)18,22-12(3)19)13(4-7-14,5-8-15)6-9-16/h15-16H,4-9,14H2,1-3H3. The molecule has 0 saturated heterocycles. The molecule has 0 saturated carbocycles. The molecule has 0 bridgehead atoms. The summed E-state index contributed by atoms with van der Waals surface area (Å²) < 4.78 is 15.7. The minimum atomic E-state index is -4.28. The minimum Gasteiger partial charge on any atom is -0.455 e. The summed E-state index contributed by atoms with van der Waals surface area (Å²) in [5.74, 6) is -2.43. The third-order valence-corrected chi connectivity index (χ3v) is 7.00. The van der Waals surface area contributed by atoms with E-state index < -0.39 is 31.8 Å². The van der Waals surface area contributed by atoms with Crippen molar-refractivity contribution >= 4 is 26.7 Å². The van der Waals surface area contributed by atoms with Crippen LogP contribution >= 0.6 is 0 Å². The number of aliphatic hydroxyl groups excluding tert-OH is 2. The maximum Gasteiger partial charge on any atom is 0.711 e. The van der Waals surface area contributed by atoms with E-state index in [1.807, 2.05) is 0 Å². The van der Waals surface area contributed by atoms with Crippen molar-refractivity contribution in [2.75, 3.05) is 19.8 Å². The predicted molar refractivity (Wildman–Crippen MR) is 80.8 cm³/mol. The molecule has 0 aliphatic heterocycles. The second-order valence-electron chi connectivity index (χ2n) is 5.10. The summed E-state index contributed by atoms with van der Waals surface area (Å²) in [6, 6.07) is 0. The van der Waals surface area contributed by atoms with Crippen molar-refractivity contribution in [2.24, 2.45) is 5.73 Å². The van der Waals surface area contributed by atoms with Crippen molar-refractivity contribution in [1.29, 1.82) is 0 Å². The zero-order valence-electron chi connectivity index (χ0n) is 13.7. The van der Waals surface area contributed by atoms with Crippen LogP contribution in [-0.4, -0.2) is 56.7 Å². The quantitative estimate of drug-likeness (QED) is 0.442. The Morgan fingerprint density at radius 2 is 1.22 bits per heavy atom. The molecule has 10 heteroatoms. The summed E-state index contributed by atoms with van der Waals surface area (Å²) in [6.45, 7) is 2.61. The topological polar surface area (TPSA) is 145 Å². The molecule has 0 heterocycles. The largest absolute Gasteiger partial charge is 0.711 e. The average Bonchev–Trinajstić information content (AvgIpc) is 2.36. The molecule has 23 heavy (non-hydrogen) atoms. The molecular formula is C13H25NO8Si. The van der Waals surface area contributed by atoms with E-state index in [9.17, 15) is 24.6 Å². The van der Waals surface area contributed by atoms with Crippen LogP contribution in [0.1, 0.15) is 40.0 Å². The van der Waals surface area contributed by atoms with E-state index in [1.165, 1.54) is 0 Å². The monoisotopic (exact) mass is 351 g/mol. The van der Waals surface area contributed by atoms with Crippen LogP contribution in [0.5, 0.6) is 0 Å². The molecule has 0 aromatic heterocycles. The van der Waals surface area contributed by atoms with Gasteiger partial charge < -0.3 is 29.2 Å². The molecular weight excluding hydrogens is 326 g/mol. The molecule has 0 atom stereocenters. The highest BCUT2D eigenvalue weighted by molar-refractivity contribution is 6.69. The van der Waals surface area contributed by atoms with E-state index in [1.54, 1.807) is 0 Å². The molecule has 0 aromatic carbocycles. The van der Waals surface area contributed by atoms with Crippen LogP contribution in [0.2, 0.25) is 5.04 Å². The van der Waals surface area contributed by atoms with Crippen molar-refractivity contribution in [2.45, 2.75) is 45.1 Å². The van der Waals surface area contributed by atoms with Gasteiger partial charge in [-0.3, -0.25) is 14.4 Å². The molecule has 0 amide bonds. The van der Waals surface area contributed by atoms with E-state index in [2.05, 4.69) is 0 Å². The Morgan fingerprint density at radius 3 is 1.43 bits per heavy atom. The van der Waals surface area contributed by atoms with Gasteiger partial charge in [0.2, 0.25) is 0 Å². The molecule has 0 rings (SSSR count). The van der Waals surface area contributed by atoms with Crippen LogP contribution in [0.3, 0.4) is 0 Å². The first-order valence-electron chi connectivity index (χ1n) is 7.19. The first-order chi connectivity index (χ1) is 10.7. The average molecular weight is 351 g/mol. The van der Waals surface area contributed by atoms with Gasteiger partial charge in [0.1, 0.15) is 0 Å². The van der Waals surface area contributed by atoms with Crippen LogP contribution in [0.15, 0.2) is 0 Å². The predicted octanol–water partition coefficient (Wildman–Crippen LogP) is -0.531. The highest BCUT2D eigenvalue weighted by Gasteiger charge is 2.68. The number of carbonyl (C=O) groups excluding carboxylic acids is 3. The maximum absolute atomic E-state index is 11.6. The van der Waals surface area contributed by atoms with Crippen LogP contribution in [0.4, 0.5) is 0 Å². The van der Waals surface area contributed by atoms with E-state index in [0.717, 1.165) is 20.8 Å². The maximum atomic E-state index is 11.6. The summed E-state index contributed by atoms with van der Waals surface area (Å²) in [6.07, 6.45) is 0.0732. The van der Waals surface area contributed by atoms with Gasteiger partial charge in [-0.1, -0.05) is 0 Å². The summed E-state index contributed by atoms with van der Waals surface area (Å²) in [4.78, 5) is 34.7. The normalized spacial score (nSPS) is 11.7. The SMILES string of the molecule is CC(=O)O[Si](OC(C)=O)(OC(C)=O)C(CCN)(CCO)CCO. The number of hydrogen-bond donors (Lipinski definition) is 3. The molecule has 134 valence electrons. The van der Waals surface area contributed by atoms with E-state index in [4.69, 9.17) is 19.0 Å². The zero-order valence-corrected chi connectivity index (χ0v) is 14.7. The second-order valence-corrected chi connectivity index (χ2v) is 7.89. The third-order valence-electron chi connectivity index (χ3n) is 3.29. The number of nitrogens with two attached hydrogens (primary N) is 1. The summed E-state index contributed by atoms with van der Waals surface area (Å²) in [7, 11) is -4.28.